The maximum atomic E-state index is 13.2. The van der Waals surface area contributed by atoms with E-state index in [1.165, 1.54) is 24.3 Å². The first-order chi connectivity index (χ1) is 7.58. The number of benzene rings is 2. The molecule has 0 heterocycles. The van der Waals surface area contributed by atoms with Crippen molar-refractivity contribution in [2.75, 3.05) is 11.5 Å². The minimum absolute atomic E-state index is 0.0691. The maximum Gasteiger partial charge on any atom is 0.146 e. The van der Waals surface area contributed by atoms with Gasteiger partial charge in [-0.25, -0.2) is 8.78 Å². The molecule has 0 aliphatic heterocycles. The van der Waals surface area contributed by atoms with E-state index in [1.54, 1.807) is 12.1 Å². The van der Waals surface area contributed by atoms with Crippen LogP contribution in [-0.4, -0.2) is 0 Å². The highest BCUT2D eigenvalue weighted by atomic mass is 19.1. The molecule has 0 unspecified atom stereocenters. The summed E-state index contributed by atoms with van der Waals surface area (Å²) >= 11 is 0. The first-order valence-electron chi connectivity index (χ1n) is 4.68. The molecule has 0 bridgehead atoms. The third-order valence-electron chi connectivity index (χ3n) is 2.33. The quantitative estimate of drug-likeness (QED) is 0.726. The summed E-state index contributed by atoms with van der Waals surface area (Å²) in [6.07, 6.45) is 0. The standard InChI is InChI=1S/C12H10F2N2/c13-9-5-7(1-3-11(9)15)8-2-4-12(16)10(14)6-8/h1-6H,15-16H2. The van der Waals surface area contributed by atoms with Gasteiger partial charge in [-0.3, -0.25) is 0 Å². The summed E-state index contributed by atoms with van der Waals surface area (Å²) in [4.78, 5) is 0. The zero-order valence-corrected chi connectivity index (χ0v) is 8.37. The number of rotatable bonds is 1. The number of hydrogen-bond acceptors (Lipinski definition) is 2. The average Bonchev–Trinajstić information content (AvgIpc) is 2.26. The normalized spacial score (nSPS) is 10.4. The Morgan fingerprint density at radius 3 is 1.38 bits per heavy atom. The van der Waals surface area contributed by atoms with Crippen molar-refractivity contribution in [1.82, 2.24) is 0 Å². The molecule has 16 heavy (non-hydrogen) atoms. The van der Waals surface area contributed by atoms with Crippen LogP contribution in [0.15, 0.2) is 36.4 Å². The van der Waals surface area contributed by atoms with Gasteiger partial charge in [0.1, 0.15) is 11.6 Å². The third-order valence-corrected chi connectivity index (χ3v) is 2.33. The van der Waals surface area contributed by atoms with E-state index >= 15 is 0 Å². The van der Waals surface area contributed by atoms with Gasteiger partial charge in [0.05, 0.1) is 11.4 Å². The molecule has 0 aromatic heterocycles. The second-order valence-electron chi connectivity index (χ2n) is 3.47. The molecule has 4 heteroatoms. The van der Waals surface area contributed by atoms with Crippen molar-refractivity contribution in [2.45, 2.75) is 0 Å². The second kappa shape index (κ2) is 3.81. The molecule has 0 aliphatic carbocycles. The smallest absolute Gasteiger partial charge is 0.146 e. The van der Waals surface area contributed by atoms with Crippen LogP contribution in [0.5, 0.6) is 0 Å². The van der Waals surface area contributed by atoms with Crippen LogP contribution in [0.1, 0.15) is 0 Å². The number of nitrogens with two attached hydrogens (primary N) is 2. The molecular weight excluding hydrogens is 210 g/mol. The fourth-order valence-corrected chi connectivity index (χ4v) is 1.41. The Bertz CT molecular complexity index is 489. The summed E-state index contributed by atoms with van der Waals surface area (Å²) in [6.45, 7) is 0. The van der Waals surface area contributed by atoms with Crippen molar-refractivity contribution in [1.29, 1.82) is 0 Å². The Labute approximate surface area is 91.5 Å². The van der Waals surface area contributed by atoms with Crippen molar-refractivity contribution < 1.29 is 8.78 Å². The first-order valence-corrected chi connectivity index (χ1v) is 4.68. The highest BCUT2D eigenvalue weighted by Crippen LogP contribution is 2.25. The minimum Gasteiger partial charge on any atom is -0.396 e. The summed E-state index contributed by atoms with van der Waals surface area (Å²) in [5, 5.41) is 0. The molecule has 0 saturated carbocycles. The van der Waals surface area contributed by atoms with Crippen LogP contribution in [0.3, 0.4) is 0 Å². The highest BCUT2D eigenvalue weighted by molar-refractivity contribution is 5.67. The van der Waals surface area contributed by atoms with Crippen LogP contribution >= 0.6 is 0 Å². The molecule has 2 rings (SSSR count). The lowest BCUT2D eigenvalue weighted by Crippen LogP contribution is -1.92. The predicted octanol–water partition coefficient (Wildman–Crippen LogP) is 2.80. The molecule has 4 N–H and O–H groups in total. The number of nitrogen functional groups attached to an aromatic ring is 2. The van der Waals surface area contributed by atoms with E-state index < -0.39 is 11.6 Å². The Kier molecular flexibility index (Phi) is 2.48. The lowest BCUT2D eigenvalue weighted by molar-refractivity contribution is 0.631. The Balaban J connectivity index is 2.50. The van der Waals surface area contributed by atoms with Crippen LogP contribution in [-0.2, 0) is 0 Å². The van der Waals surface area contributed by atoms with Gasteiger partial charge in [0.2, 0.25) is 0 Å². The third kappa shape index (κ3) is 1.82. The lowest BCUT2D eigenvalue weighted by atomic mass is 10.0. The lowest BCUT2D eigenvalue weighted by Gasteiger charge is -2.05. The molecule has 0 saturated heterocycles. The van der Waals surface area contributed by atoms with Crippen LogP contribution in [0, 0.1) is 11.6 Å². The van der Waals surface area contributed by atoms with E-state index in [2.05, 4.69) is 0 Å². The first kappa shape index (κ1) is 10.4. The maximum absolute atomic E-state index is 13.2. The van der Waals surface area contributed by atoms with Gasteiger partial charge < -0.3 is 11.5 Å². The topological polar surface area (TPSA) is 52.0 Å². The number of hydrogen-bond donors (Lipinski definition) is 2. The van der Waals surface area contributed by atoms with E-state index in [9.17, 15) is 8.78 Å². The molecule has 0 aliphatic rings. The Hall–Kier alpha value is -2.10. The van der Waals surface area contributed by atoms with E-state index in [1.807, 2.05) is 0 Å². The zero-order chi connectivity index (χ0) is 11.7. The van der Waals surface area contributed by atoms with Gasteiger partial charge in [0.15, 0.2) is 0 Å². The summed E-state index contributed by atoms with van der Waals surface area (Å²) in [6, 6.07) is 8.67. The zero-order valence-electron chi connectivity index (χ0n) is 8.37. The van der Waals surface area contributed by atoms with Crippen molar-refractivity contribution in [3.05, 3.63) is 48.0 Å². The Morgan fingerprint density at radius 2 is 1.06 bits per heavy atom. The van der Waals surface area contributed by atoms with Gasteiger partial charge in [-0.15, -0.1) is 0 Å². The minimum atomic E-state index is -0.519. The SMILES string of the molecule is Nc1ccc(-c2ccc(N)c(F)c2)cc1F. The molecule has 0 spiro atoms. The predicted molar refractivity (Wildman–Crippen MR) is 60.6 cm³/mol. The molecule has 2 nitrogen and oxygen atoms in total. The summed E-state index contributed by atoms with van der Waals surface area (Å²) < 4.78 is 26.4. The van der Waals surface area contributed by atoms with Crippen molar-refractivity contribution in [2.24, 2.45) is 0 Å². The fraction of sp³-hybridized carbons (Fsp3) is 0. The summed E-state index contributed by atoms with van der Waals surface area (Å²) in [5.41, 5.74) is 12.0. The number of halogens is 2. The summed E-state index contributed by atoms with van der Waals surface area (Å²) in [5.74, 6) is -1.04. The van der Waals surface area contributed by atoms with Gasteiger partial charge in [-0.1, -0.05) is 12.1 Å². The molecule has 0 fully saturated rings. The average molecular weight is 220 g/mol. The monoisotopic (exact) mass is 220 g/mol. The van der Waals surface area contributed by atoms with Crippen molar-refractivity contribution in [3.63, 3.8) is 0 Å². The van der Waals surface area contributed by atoms with Gasteiger partial charge >= 0.3 is 0 Å². The van der Waals surface area contributed by atoms with E-state index in [-0.39, 0.29) is 11.4 Å². The van der Waals surface area contributed by atoms with Gasteiger partial charge in [0.25, 0.3) is 0 Å². The van der Waals surface area contributed by atoms with E-state index in [4.69, 9.17) is 11.5 Å². The van der Waals surface area contributed by atoms with Crippen LogP contribution < -0.4 is 11.5 Å². The molecule has 0 atom stereocenters. The fourth-order valence-electron chi connectivity index (χ4n) is 1.41. The van der Waals surface area contributed by atoms with Crippen molar-refractivity contribution in [3.8, 4) is 11.1 Å². The van der Waals surface area contributed by atoms with E-state index in [0.29, 0.717) is 11.1 Å². The van der Waals surface area contributed by atoms with Crippen LogP contribution in [0.4, 0.5) is 20.2 Å². The van der Waals surface area contributed by atoms with Gasteiger partial charge in [-0.05, 0) is 35.4 Å². The molecular formula is C12H10F2N2. The van der Waals surface area contributed by atoms with Crippen molar-refractivity contribution >= 4 is 11.4 Å². The second-order valence-corrected chi connectivity index (χ2v) is 3.47. The van der Waals surface area contributed by atoms with Crippen LogP contribution in [0.25, 0.3) is 11.1 Å². The molecule has 0 radical (unpaired) electrons. The molecule has 82 valence electrons. The molecule has 2 aromatic carbocycles. The molecule has 2 aromatic rings. The van der Waals surface area contributed by atoms with Crippen LogP contribution in [0.2, 0.25) is 0 Å². The largest absolute Gasteiger partial charge is 0.396 e. The van der Waals surface area contributed by atoms with Gasteiger partial charge in [-0.2, -0.15) is 0 Å². The highest BCUT2D eigenvalue weighted by Gasteiger charge is 2.05. The summed E-state index contributed by atoms with van der Waals surface area (Å²) in [7, 11) is 0. The Morgan fingerprint density at radius 1 is 0.688 bits per heavy atom. The van der Waals surface area contributed by atoms with E-state index in [0.717, 1.165) is 0 Å². The number of anilines is 2. The molecule has 0 amide bonds. The van der Waals surface area contributed by atoms with Gasteiger partial charge in [0, 0.05) is 0 Å².